The van der Waals surface area contributed by atoms with Gasteiger partial charge in [0.1, 0.15) is 10.2 Å². The Hall–Kier alpha value is -0.230. The van der Waals surface area contributed by atoms with Crippen LogP contribution in [0.2, 0.25) is 4.34 Å². The van der Waals surface area contributed by atoms with Gasteiger partial charge in [0.25, 0.3) is 0 Å². The van der Waals surface area contributed by atoms with E-state index < -0.39 is 5.82 Å². The minimum Gasteiger partial charge on any atom is -0.288 e. The third kappa shape index (κ3) is 2.78. The van der Waals surface area contributed by atoms with Gasteiger partial charge in [-0.05, 0) is 56.1 Å². The fourth-order valence-electron chi connectivity index (χ4n) is 1.24. The molecule has 88 valence electrons. The zero-order valence-electron chi connectivity index (χ0n) is 8.14. The quantitative estimate of drug-likeness (QED) is 0.628. The maximum atomic E-state index is 13.0. The molecule has 0 aliphatic heterocycles. The van der Waals surface area contributed by atoms with Crippen molar-refractivity contribution in [3.8, 4) is 0 Å². The molecule has 1 nitrogen and oxygen atoms in total. The molecule has 0 spiro atoms. The van der Waals surface area contributed by atoms with E-state index in [2.05, 4.69) is 31.9 Å². The van der Waals surface area contributed by atoms with Gasteiger partial charge >= 0.3 is 0 Å². The Labute approximate surface area is 123 Å². The van der Waals surface area contributed by atoms with Gasteiger partial charge in [0.15, 0.2) is 0 Å². The molecule has 0 N–H and O–H groups in total. The molecule has 0 atom stereocenters. The summed E-state index contributed by atoms with van der Waals surface area (Å²) in [4.78, 5) is 12.6. The lowest BCUT2D eigenvalue weighted by molar-refractivity contribution is 0.104. The summed E-state index contributed by atoms with van der Waals surface area (Å²) in [5.41, 5.74) is 0.420. The van der Waals surface area contributed by atoms with Crippen LogP contribution in [-0.2, 0) is 0 Å². The van der Waals surface area contributed by atoms with Crippen LogP contribution in [0.1, 0.15) is 15.2 Å². The van der Waals surface area contributed by atoms with Crippen LogP contribution in [0.15, 0.2) is 33.2 Å². The van der Waals surface area contributed by atoms with Gasteiger partial charge in [0, 0.05) is 10.0 Å². The normalized spacial score (nSPS) is 10.6. The fraction of sp³-hybridized carbons (Fsp3) is 0. The van der Waals surface area contributed by atoms with Crippen molar-refractivity contribution in [1.29, 1.82) is 0 Å². The van der Waals surface area contributed by atoms with E-state index in [0.717, 1.165) is 0 Å². The van der Waals surface area contributed by atoms with Crippen LogP contribution >= 0.6 is 54.8 Å². The van der Waals surface area contributed by atoms with Gasteiger partial charge in [-0.15, -0.1) is 11.3 Å². The molecule has 0 aliphatic carbocycles. The molecule has 1 aromatic heterocycles. The highest BCUT2D eigenvalue weighted by Crippen LogP contribution is 2.33. The summed E-state index contributed by atoms with van der Waals surface area (Å²) in [7, 11) is 0. The number of thiophene rings is 1. The first kappa shape index (κ1) is 13.2. The number of rotatable bonds is 2. The van der Waals surface area contributed by atoms with E-state index in [1.165, 1.54) is 29.5 Å². The Morgan fingerprint density at radius 3 is 2.47 bits per heavy atom. The van der Waals surface area contributed by atoms with Gasteiger partial charge in [-0.2, -0.15) is 0 Å². The highest BCUT2D eigenvalue weighted by Gasteiger charge is 2.15. The molecule has 1 heterocycles. The lowest BCUT2D eigenvalue weighted by atomic mass is 10.1. The fourth-order valence-corrected chi connectivity index (χ4v) is 3.28. The van der Waals surface area contributed by atoms with Crippen molar-refractivity contribution in [2.45, 2.75) is 0 Å². The summed E-state index contributed by atoms with van der Waals surface area (Å²) in [5, 5.41) is 0. The predicted octanol–water partition coefficient (Wildman–Crippen LogP) is 5.30. The smallest absolute Gasteiger partial charge is 0.203 e. The summed E-state index contributed by atoms with van der Waals surface area (Å²) >= 11 is 13.3. The zero-order chi connectivity index (χ0) is 12.6. The molecule has 0 bridgehead atoms. The molecule has 0 amide bonds. The second-order valence-corrected chi connectivity index (χ2v) is 6.55. The number of halogens is 4. The average molecular weight is 398 g/mol. The molecular formula is C11H4Br2ClFOS. The van der Waals surface area contributed by atoms with E-state index in [4.69, 9.17) is 11.6 Å². The molecule has 2 aromatic rings. The van der Waals surface area contributed by atoms with Crippen LogP contribution in [0.5, 0.6) is 0 Å². The maximum absolute atomic E-state index is 13.0. The van der Waals surface area contributed by atoms with E-state index in [9.17, 15) is 9.18 Å². The first-order valence-electron chi connectivity index (χ1n) is 4.43. The van der Waals surface area contributed by atoms with Gasteiger partial charge < -0.3 is 0 Å². The van der Waals surface area contributed by atoms with E-state index in [1.54, 1.807) is 6.07 Å². The van der Waals surface area contributed by atoms with Gasteiger partial charge in [0.2, 0.25) is 5.78 Å². The Kier molecular flexibility index (Phi) is 4.02. The molecule has 0 unspecified atom stereocenters. The van der Waals surface area contributed by atoms with Crippen LogP contribution in [0, 0.1) is 5.82 Å². The van der Waals surface area contributed by atoms with E-state index in [-0.39, 0.29) is 10.3 Å². The third-order valence-electron chi connectivity index (χ3n) is 2.05. The molecular weight excluding hydrogens is 394 g/mol. The lowest BCUT2D eigenvalue weighted by Gasteiger charge is -1.99. The van der Waals surface area contributed by atoms with E-state index in [1.807, 2.05) is 0 Å². The van der Waals surface area contributed by atoms with Gasteiger partial charge in [0.05, 0.1) is 9.35 Å². The topological polar surface area (TPSA) is 17.1 Å². The van der Waals surface area contributed by atoms with E-state index in [0.29, 0.717) is 19.2 Å². The second-order valence-electron chi connectivity index (χ2n) is 3.19. The molecule has 17 heavy (non-hydrogen) atoms. The van der Waals surface area contributed by atoms with Crippen LogP contribution in [-0.4, -0.2) is 5.78 Å². The molecule has 0 saturated carbocycles. The van der Waals surface area contributed by atoms with Crippen LogP contribution in [0.25, 0.3) is 0 Å². The van der Waals surface area contributed by atoms with Crippen molar-refractivity contribution in [3.63, 3.8) is 0 Å². The van der Waals surface area contributed by atoms with Crippen LogP contribution in [0.3, 0.4) is 0 Å². The van der Waals surface area contributed by atoms with Crippen LogP contribution < -0.4 is 0 Å². The summed E-state index contributed by atoms with van der Waals surface area (Å²) < 4.78 is 14.5. The van der Waals surface area contributed by atoms with Crippen molar-refractivity contribution >= 4 is 60.6 Å². The maximum Gasteiger partial charge on any atom is 0.203 e. The van der Waals surface area contributed by atoms with Crippen molar-refractivity contribution in [2.24, 2.45) is 0 Å². The number of carbonyl (C=O) groups is 1. The number of ketones is 1. The number of hydrogen-bond acceptors (Lipinski definition) is 2. The first-order chi connectivity index (χ1) is 7.99. The highest BCUT2D eigenvalue weighted by atomic mass is 79.9. The largest absolute Gasteiger partial charge is 0.288 e. The highest BCUT2D eigenvalue weighted by molar-refractivity contribution is 9.10. The summed E-state index contributed by atoms with van der Waals surface area (Å²) in [5.74, 6) is -0.574. The van der Waals surface area contributed by atoms with Crippen molar-refractivity contribution in [1.82, 2.24) is 0 Å². The summed E-state index contributed by atoms with van der Waals surface area (Å²) in [6, 6.07) is 5.82. The molecule has 6 heteroatoms. The summed E-state index contributed by atoms with van der Waals surface area (Å²) in [6.45, 7) is 0. The Morgan fingerprint density at radius 1 is 1.24 bits per heavy atom. The van der Waals surface area contributed by atoms with Crippen molar-refractivity contribution in [3.05, 3.63) is 53.8 Å². The second kappa shape index (κ2) is 5.18. The molecule has 2 rings (SSSR count). The number of carbonyl (C=O) groups excluding carboxylic acids is 1. The van der Waals surface area contributed by atoms with Crippen molar-refractivity contribution < 1.29 is 9.18 Å². The minimum atomic E-state index is -0.396. The first-order valence-corrected chi connectivity index (χ1v) is 7.21. The summed E-state index contributed by atoms with van der Waals surface area (Å²) in [6.07, 6.45) is 0. The minimum absolute atomic E-state index is 0.177. The van der Waals surface area contributed by atoms with Crippen molar-refractivity contribution in [2.75, 3.05) is 0 Å². The third-order valence-corrected chi connectivity index (χ3v) is 5.13. The molecule has 0 aliphatic rings. The van der Waals surface area contributed by atoms with Gasteiger partial charge in [-0.1, -0.05) is 11.6 Å². The Morgan fingerprint density at radius 2 is 1.94 bits per heavy atom. The zero-order valence-corrected chi connectivity index (χ0v) is 12.9. The number of hydrogen-bond donors (Lipinski definition) is 0. The van der Waals surface area contributed by atoms with Gasteiger partial charge in [-0.3, -0.25) is 4.79 Å². The Bertz CT molecular complexity index is 578. The SMILES string of the molecule is O=C(c1ccc(F)c(Br)c1)c1cc(Br)c(Cl)s1. The standard InChI is InChI=1S/C11H4Br2ClFOS/c12-6-3-5(1-2-8(6)15)10(16)9-4-7(13)11(14)17-9/h1-4H. The lowest BCUT2D eigenvalue weighted by Crippen LogP contribution is -1.98. The van der Waals surface area contributed by atoms with Crippen LogP contribution in [0.4, 0.5) is 4.39 Å². The van der Waals surface area contributed by atoms with Gasteiger partial charge in [-0.25, -0.2) is 4.39 Å². The monoisotopic (exact) mass is 396 g/mol. The molecule has 1 aromatic carbocycles. The number of benzene rings is 1. The van der Waals surface area contributed by atoms with E-state index >= 15 is 0 Å². The molecule has 0 radical (unpaired) electrons. The average Bonchev–Trinajstić information content (AvgIpc) is 2.62. The molecule has 0 fully saturated rings. The predicted molar refractivity (Wildman–Crippen MR) is 74.6 cm³/mol. The molecule has 0 saturated heterocycles. The Balaban J connectivity index is 2.40.